The molecule has 0 aliphatic rings. The number of hydrogen-bond donors (Lipinski definition) is 7. The van der Waals surface area contributed by atoms with Crippen molar-refractivity contribution in [2.75, 3.05) is 0 Å². The van der Waals surface area contributed by atoms with E-state index in [-0.39, 0.29) is 31.6 Å². The number of benzene rings is 2. The van der Waals surface area contributed by atoms with Crippen molar-refractivity contribution in [2.24, 2.45) is 11.7 Å². The second-order valence-corrected chi connectivity index (χ2v) is 11.3. The minimum absolute atomic E-state index is 0.0102. The molecular weight excluding hydrogens is 562 g/mol. The van der Waals surface area contributed by atoms with Crippen LogP contribution in [-0.4, -0.2) is 67.9 Å². The quantitative estimate of drug-likeness (QED) is 0.108. The standard InChI is InChI=1S/C32H39N7O5/c1-19(2)12-28(32(43)44)39-31(42)27(15-22-17-34-18-36-22)38-30(41)26(13-20-8-4-3-5-9-20)37-29(40)24(33)14-21-16-35-25-11-7-6-10-23(21)25/h3-11,16-19,24,26-28,35H,12-15,33H2,1-2H3,(H,34,36)(H,37,40)(H,38,41)(H,39,42)(H,43,44). The number of nitrogens with two attached hydrogens (primary N) is 1. The lowest BCUT2D eigenvalue weighted by Gasteiger charge is -2.25. The fourth-order valence-electron chi connectivity index (χ4n) is 5.03. The summed E-state index contributed by atoms with van der Waals surface area (Å²) in [5, 5.41) is 18.7. The van der Waals surface area contributed by atoms with E-state index in [0.29, 0.717) is 5.69 Å². The Kier molecular flexibility index (Phi) is 10.9. The highest BCUT2D eigenvalue weighted by Gasteiger charge is 2.31. The van der Waals surface area contributed by atoms with Gasteiger partial charge in [-0.25, -0.2) is 9.78 Å². The Labute approximate surface area is 255 Å². The minimum atomic E-state index is -1.17. The van der Waals surface area contributed by atoms with Crippen LogP contribution in [0.1, 0.15) is 37.1 Å². The molecule has 12 nitrogen and oxygen atoms in total. The average molecular weight is 602 g/mol. The molecule has 4 rings (SSSR count). The lowest BCUT2D eigenvalue weighted by atomic mass is 10.0. The third kappa shape index (κ3) is 8.77. The normalized spacial score (nSPS) is 14.0. The van der Waals surface area contributed by atoms with Crippen molar-refractivity contribution in [2.45, 2.75) is 63.7 Å². The number of carbonyl (C=O) groups is 4. The van der Waals surface area contributed by atoms with E-state index in [2.05, 4.69) is 30.9 Å². The molecule has 4 unspecified atom stereocenters. The zero-order valence-corrected chi connectivity index (χ0v) is 24.7. The number of rotatable bonds is 15. The van der Waals surface area contributed by atoms with Gasteiger partial charge < -0.3 is 36.8 Å². The van der Waals surface area contributed by atoms with Gasteiger partial charge in [-0.2, -0.15) is 0 Å². The van der Waals surface area contributed by atoms with E-state index in [1.54, 1.807) is 0 Å². The molecule has 2 aromatic heterocycles. The van der Waals surface area contributed by atoms with E-state index < -0.39 is 47.9 Å². The molecule has 8 N–H and O–H groups in total. The van der Waals surface area contributed by atoms with Crippen LogP contribution in [0, 0.1) is 5.92 Å². The van der Waals surface area contributed by atoms with Gasteiger partial charge in [-0.3, -0.25) is 14.4 Å². The van der Waals surface area contributed by atoms with E-state index in [9.17, 15) is 24.3 Å². The second-order valence-electron chi connectivity index (χ2n) is 11.3. The maximum Gasteiger partial charge on any atom is 0.326 e. The molecule has 0 fully saturated rings. The summed E-state index contributed by atoms with van der Waals surface area (Å²) in [5.41, 5.74) is 9.46. The molecule has 4 aromatic rings. The van der Waals surface area contributed by atoms with Gasteiger partial charge in [0.15, 0.2) is 0 Å². The smallest absolute Gasteiger partial charge is 0.326 e. The lowest BCUT2D eigenvalue weighted by molar-refractivity contribution is -0.142. The number of carboxylic acids is 1. The first-order valence-electron chi connectivity index (χ1n) is 14.6. The molecule has 12 heteroatoms. The van der Waals surface area contributed by atoms with Crippen molar-refractivity contribution in [3.05, 3.63) is 90.1 Å². The molecule has 2 aromatic carbocycles. The van der Waals surface area contributed by atoms with Crippen molar-refractivity contribution in [1.82, 2.24) is 30.9 Å². The number of amides is 3. The molecule has 0 bridgehead atoms. The highest BCUT2D eigenvalue weighted by atomic mass is 16.4. The largest absolute Gasteiger partial charge is 0.480 e. The Morgan fingerprint density at radius 1 is 0.818 bits per heavy atom. The van der Waals surface area contributed by atoms with Crippen LogP contribution in [0.2, 0.25) is 0 Å². The van der Waals surface area contributed by atoms with Gasteiger partial charge >= 0.3 is 5.97 Å². The van der Waals surface area contributed by atoms with E-state index in [4.69, 9.17) is 5.73 Å². The van der Waals surface area contributed by atoms with Gasteiger partial charge in [-0.15, -0.1) is 0 Å². The molecule has 232 valence electrons. The van der Waals surface area contributed by atoms with Crippen LogP contribution in [0.25, 0.3) is 10.9 Å². The third-order valence-electron chi connectivity index (χ3n) is 7.30. The first-order valence-corrected chi connectivity index (χ1v) is 14.6. The van der Waals surface area contributed by atoms with E-state index in [0.717, 1.165) is 22.0 Å². The second kappa shape index (κ2) is 15.0. The Morgan fingerprint density at radius 2 is 1.45 bits per heavy atom. The number of imidazole rings is 1. The van der Waals surface area contributed by atoms with E-state index in [1.807, 2.05) is 74.6 Å². The number of carbonyl (C=O) groups excluding carboxylic acids is 3. The van der Waals surface area contributed by atoms with Crippen molar-refractivity contribution in [3.8, 4) is 0 Å². The van der Waals surface area contributed by atoms with Gasteiger partial charge in [0.2, 0.25) is 17.7 Å². The Morgan fingerprint density at radius 3 is 2.11 bits per heavy atom. The lowest BCUT2D eigenvalue weighted by Crippen LogP contribution is -2.58. The number of hydrogen-bond acceptors (Lipinski definition) is 6. The summed E-state index contributed by atoms with van der Waals surface area (Å²) in [5.74, 6) is -2.96. The van der Waals surface area contributed by atoms with Crippen LogP contribution in [-0.2, 0) is 38.4 Å². The maximum absolute atomic E-state index is 13.7. The maximum atomic E-state index is 13.7. The van der Waals surface area contributed by atoms with Crippen molar-refractivity contribution < 1.29 is 24.3 Å². The molecular formula is C32H39N7O5. The van der Waals surface area contributed by atoms with Crippen LogP contribution in [0.3, 0.4) is 0 Å². The van der Waals surface area contributed by atoms with Crippen molar-refractivity contribution in [3.63, 3.8) is 0 Å². The zero-order chi connectivity index (χ0) is 31.6. The average Bonchev–Trinajstić information content (AvgIpc) is 3.66. The van der Waals surface area contributed by atoms with Crippen LogP contribution in [0.5, 0.6) is 0 Å². The first kappa shape index (κ1) is 32.0. The molecule has 0 saturated heterocycles. The van der Waals surface area contributed by atoms with Gasteiger partial charge in [0, 0.05) is 41.8 Å². The number of nitrogens with zero attached hydrogens (tertiary/aromatic N) is 1. The molecule has 44 heavy (non-hydrogen) atoms. The number of aliphatic carboxylic acids is 1. The molecule has 0 aliphatic heterocycles. The zero-order valence-electron chi connectivity index (χ0n) is 24.7. The monoisotopic (exact) mass is 601 g/mol. The summed E-state index contributed by atoms with van der Waals surface area (Å²) in [7, 11) is 0. The highest BCUT2D eigenvalue weighted by molar-refractivity contribution is 5.94. The van der Waals surface area contributed by atoms with Crippen LogP contribution >= 0.6 is 0 Å². The van der Waals surface area contributed by atoms with Gasteiger partial charge in [0.05, 0.1) is 12.4 Å². The number of aromatic nitrogens is 3. The number of para-hydroxylation sites is 1. The SMILES string of the molecule is CC(C)CC(NC(=O)C(Cc1cnc[nH]1)NC(=O)C(Cc1ccccc1)NC(=O)C(N)Cc1c[nH]c2ccccc12)C(=O)O. The number of aromatic amines is 2. The van der Waals surface area contributed by atoms with Crippen LogP contribution < -0.4 is 21.7 Å². The van der Waals surface area contributed by atoms with Crippen molar-refractivity contribution in [1.29, 1.82) is 0 Å². The fraction of sp³-hybridized carbons (Fsp3) is 0.344. The minimum Gasteiger partial charge on any atom is -0.480 e. The Hall–Kier alpha value is -4.97. The molecule has 0 aliphatic carbocycles. The van der Waals surface area contributed by atoms with Gasteiger partial charge in [0.1, 0.15) is 18.1 Å². The summed E-state index contributed by atoms with van der Waals surface area (Å²) in [6.07, 6.45) is 5.40. The summed E-state index contributed by atoms with van der Waals surface area (Å²) in [6.45, 7) is 3.71. The van der Waals surface area contributed by atoms with E-state index in [1.165, 1.54) is 12.5 Å². The number of fused-ring (bicyclic) bond motifs is 1. The van der Waals surface area contributed by atoms with Gasteiger partial charge in [-0.05, 0) is 36.0 Å². The topological polar surface area (TPSA) is 195 Å². The fourth-order valence-corrected chi connectivity index (χ4v) is 5.03. The Bertz CT molecular complexity index is 1550. The van der Waals surface area contributed by atoms with Gasteiger partial charge in [0.25, 0.3) is 0 Å². The molecule has 0 spiro atoms. The molecule has 0 radical (unpaired) electrons. The summed E-state index contributed by atoms with van der Waals surface area (Å²) in [6, 6.07) is 12.5. The number of H-pyrrole nitrogens is 2. The summed E-state index contributed by atoms with van der Waals surface area (Å²) < 4.78 is 0. The molecule has 2 heterocycles. The Balaban J connectivity index is 1.52. The summed E-state index contributed by atoms with van der Waals surface area (Å²) in [4.78, 5) is 62.3. The number of carboxylic acid groups (broad SMARTS) is 1. The molecule has 0 saturated carbocycles. The molecule has 4 atom stereocenters. The summed E-state index contributed by atoms with van der Waals surface area (Å²) >= 11 is 0. The third-order valence-corrected chi connectivity index (χ3v) is 7.30. The van der Waals surface area contributed by atoms with E-state index >= 15 is 0 Å². The first-order chi connectivity index (χ1) is 21.1. The highest BCUT2D eigenvalue weighted by Crippen LogP contribution is 2.19. The van der Waals surface area contributed by atoms with Gasteiger partial charge in [-0.1, -0.05) is 62.4 Å². The van der Waals surface area contributed by atoms with Crippen LogP contribution in [0.4, 0.5) is 0 Å². The predicted molar refractivity (Wildman–Crippen MR) is 165 cm³/mol. The predicted octanol–water partition coefficient (Wildman–Crippen LogP) is 1.83. The number of nitrogens with one attached hydrogen (secondary N) is 5. The van der Waals surface area contributed by atoms with Crippen molar-refractivity contribution >= 4 is 34.6 Å². The molecule has 3 amide bonds. The van der Waals surface area contributed by atoms with Crippen LogP contribution in [0.15, 0.2) is 73.3 Å².